The van der Waals surface area contributed by atoms with E-state index in [2.05, 4.69) is 27.2 Å². The summed E-state index contributed by atoms with van der Waals surface area (Å²) in [5.41, 5.74) is 1.13. The van der Waals surface area contributed by atoms with Crippen molar-refractivity contribution in [2.45, 2.75) is 24.8 Å². The average Bonchev–Trinajstić information content (AvgIpc) is 2.93. The Labute approximate surface area is 129 Å². The van der Waals surface area contributed by atoms with Gasteiger partial charge in [-0.15, -0.1) is 0 Å². The van der Waals surface area contributed by atoms with Crippen LogP contribution in [0.4, 0.5) is 5.69 Å². The van der Waals surface area contributed by atoms with Crippen LogP contribution in [0.1, 0.15) is 18.9 Å². The summed E-state index contributed by atoms with van der Waals surface area (Å²) in [5, 5.41) is 9.99. The molecule has 21 heavy (non-hydrogen) atoms. The Morgan fingerprint density at radius 3 is 2.86 bits per heavy atom. The molecule has 0 saturated heterocycles. The number of anilines is 1. The normalized spacial score (nSPS) is 11.5. The van der Waals surface area contributed by atoms with Gasteiger partial charge in [-0.2, -0.15) is 5.10 Å². The van der Waals surface area contributed by atoms with E-state index in [-0.39, 0.29) is 4.90 Å². The lowest BCUT2D eigenvalue weighted by atomic mass is 10.2. The van der Waals surface area contributed by atoms with E-state index in [1.54, 1.807) is 12.1 Å². The van der Waals surface area contributed by atoms with Crippen molar-refractivity contribution in [1.82, 2.24) is 15.5 Å². The smallest absolute Gasteiger partial charge is 0.262 e. The van der Waals surface area contributed by atoms with Crippen LogP contribution in [0.15, 0.2) is 35.5 Å². The second-order valence-corrected chi connectivity index (χ2v) is 6.61. The summed E-state index contributed by atoms with van der Waals surface area (Å²) in [6, 6.07) is 4.65. The van der Waals surface area contributed by atoms with Gasteiger partial charge in [-0.3, -0.25) is 9.82 Å². The van der Waals surface area contributed by atoms with Gasteiger partial charge in [0.25, 0.3) is 10.0 Å². The largest absolute Gasteiger partial charge is 0.313 e. The number of nitrogens with zero attached hydrogens (tertiary/aromatic N) is 1. The molecular formula is C13H17ClN4O2S. The summed E-state index contributed by atoms with van der Waals surface area (Å²) in [6.45, 7) is 3.44. The highest BCUT2D eigenvalue weighted by Gasteiger charge is 2.16. The van der Waals surface area contributed by atoms with Crippen LogP contribution in [0, 0.1) is 0 Å². The molecule has 0 saturated carbocycles. The van der Waals surface area contributed by atoms with Crippen molar-refractivity contribution in [3.05, 3.63) is 41.2 Å². The molecule has 1 aromatic carbocycles. The van der Waals surface area contributed by atoms with Crippen LogP contribution in [-0.2, 0) is 16.6 Å². The molecule has 8 heteroatoms. The van der Waals surface area contributed by atoms with Crippen LogP contribution in [0.5, 0.6) is 0 Å². The average molecular weight is 329 g/mol. The minimum atomic E-state index is -3.65. The molecule has 0 radical (unpaired) electrons. The zero-order valence-electron chi connectivity index (χ0n) is 11.6. The van der Waals surface area contributed by atoms with E-state index in [4.69, 9.17) is 11.6 Å². The lowest BCUT2D eigenvalue weighted by molar-refractivity contribution is 0.601. The van der Waals surface area contributed by atoms with E-state index in [9.17, 15) is 8.42 Å². The fraction of sp³-hybridized carbons (Fsp3) is 0.308. The quantitative estimate of drug-likeness (QED) is 0.681. The van der Waals surface area contributed by atoms with Gasteiger partial charge in [-0.1, -0.05) is 18.5 Å². The zero-order valence-corrected chi connectivity index (χ0v) is 13.1. The van der Waals surface area contributed by atoms with Crippen molar-refractivity contribution in [3.8, 4) is 0 Å². The molecule has 114 valence electrons. The Kier molecular flexibility index (Phi) is 5.22. The number of hydrogen-bond donors (Lipinski definition) is 3. The molecule has 0 aliphatic carbocycles. The van der Waals surface area contributed by atoms with Gasteiger partial charge in [0.1, 0.15) is 0 Å². The van der Waals surface area contributed by atoms with Gasteiger partial charge in [-0.05, 0) is 36.7 Å². The van der Waals surface area contributed by atoms with Gasteiger partial charge >= 0.3 is 0 Å². The summed E-state index contributed by atoms with van der Waals surface area (Å²) >= 11 is 6.10. The molecule has 0 spiro atoms. The van der Waals surface area contributed by atoms with Gasteiger partial charge in [-0.25, -0.2) is 8.42 Å². The zero-order chi connectivity index (χ0) is 15.3. The summed E-state index contributed by atoms with van der Waals surface area (Å²) in [5.74, 6) is 0. The fourth-order valence-corrected chi connectivity index (χ4v) is 3.04. The molecule has 0 aliphatic rings. The van der Waals surface area contributed by atoms with E-state index in [0.29, 0.717) is 17.3 Å². The second-order valence-electron chi connectivity index (χ2n) is 4.52. The summed E-state index contributed by atoms with van der Waals surface area (Å²) in [4.78, 5) is 0.168. The van der Waals surface area contributed by atoms with Crippen LogP contribution in [0.2, 0.25) is 5.02 Å². The summed E-state index contributed by atoms with van der Waals surface area (Å²) in [7, 11) is -3.65. The third-order valence-corrected chi connectivity index (χ3v) is 4.57. The van der Waals surface area contributed by atoms with Crippen molar-refractivity contribution >= 4 is 27.3 Å². The summed E-state index contributed by atoms with van der Waals surface area (Å²) in [6.07, 6.45) is 3.87. The number of benzene rings is 1. The summed E-state index contributed by atoms with van der Waals surface area (Å²) < 4.78 is 27.0. The highest BCUT2D eigenvalue weighted by atomic mass is 35.5. The monoisotopic (exact) mass is 328 g/mol. The molecule has 0 aliphatic heterocycles. The van der Waals surface area contributed by atoms with Gasteiger partial charge in [0, 0.05) is 17.8 Å². The number of H-pyrrole nitrogens is 1. The Morgan fingerprint density at radius 2 is 2.19 bits per heavy atom. The van der Waals surface area contributed by atoms with Crippen LogP contribution in [-0.4, -0.2) is 25.2 Å². The highest BCUT2D eigenvalue weighted by Crippen LogP contribution is 2.22. The van der Waals surface area contributed by atoms with E-state index >= 15 is 0 Å². The predicted octanol–water partition coefficient (Wildman–Crippen LogP) is 2.36. The lowest BCUT2D eigenvalue weighted by Crippen LogP contribution is -2.16. The first kappa shape index (κ1) is 15.8. The van der Waals surface area contributed by atoms with Crippen molar-refractivity contribution in [1.29, 1.82) is 0 Å². The van der Waals surface area contributed by atoms with E-state index < -0.39 is 10.0 Å². The SMILES string of the molecule is CCCNCc1cc(S(=O)(=O)Nc2cn[nH]c2)ccc1Cl. The molecule has 6 nitrogen and oxygen atoms in total. The molecule has 0 amide bonds. The van der Waals surface area contributed by atoms with Gasteiger partial charge < -0.3 is 5.32 Å². The fourth-order valence-electron chi connectivity index (χ4n) is 1.77. The van der Waals surface area contributed by atoms with Gasteiger partial charge in [0.2, 0.25) is 0 Å². The number of nitrogens with one attached hydrogen (secondary N) is 3. The number of aromatic amines is 1. The first-order valence-electron chi connectivity index (χ1n) is 6.53. The number of aromatic nitrogens is 2. The Morgan fingerprint density at radius 1 is 1.38 bits per heavy atom. The molecule has 3 N–H and O–H groups in total. The number of rotatable bonds is 7. The van der Waals surface area contributed by atoms with E-state index in [0.717, 1.165) is 18.5 Å². The maximum absolute atomic E-state index is 12.3. The number of sulfonamides is 1. The lowest BCUT2D eigenvalue weighted by Gasteiger charge is -2.10. The molecule has 2 aromatic rings. The second kappa shape index (κ2) is 6.93. The minimum Gasteiger partial charge on any atom is -0.313 e. The van der Waals surface area contributed by atoms with Crippen LogP contribution in [0.3, 0.4) is 0 Å². The van der Waals surface area contributed by atoms with Crippen LogP contribution in [0.25, 0.3) is 0 Å². The molecule has 0 bridgehead atoms. The molecule has 0 unspecified atom stereocenters. The number of halogens is 1. The van der Waals surface area contributed by atoms with Crippen LogP contribution < -0.4 is 10.0 Å². The molecule has 0 fully saturated rings. The third kappa shape index (κ3) is 4.20. The van der Waals surface area contributed by atoms with Crippen molar-refractivity contribution in [3.63, 3.8) is 0 Å². The highest BCUT2D eigenvalue weighted by molar-refractivity contribution is 7.92. The standard InChI is InChI=1S/C13H17ClN4O2S/c1-2-5-15-7-10-6-12(3-4-13(10)14)21(19,20)18-11-8-16-17-9-11/h3-4,6,8-9,15,18H,2,5,7H2,1H3,(H,16,17). The molecule has 1 heterocycles. The van der Waals surface area contributed by atoms with Gasteiger partial charge in [0.05, 0.1) is 16.8 Å². The van der Waals surface area contributed by atoms with Crippen molar-refractivity contribution in [2.24, 2.45) is 0 Å². The first-order valence-corrected chi connectivity index (χ1v) is 8.40. The van der Waals surface area contributed by atoms with Crippen LogP contribution >= 0.6 is 11.6 Å². The Balaban J connectivity index is 2.20. The third-order valence-electron chi connectivity index (χ3n) is 2.82. The maximum Gasteiger partial charge on any atom is 0.262 e. The Bertz CT molecular complexity index is 686. The van der Waals surface area contributed by atoms with Crippen molar-refractivity contribution in [2.75, 3.05) is 11.3 Å². The number of hydrogen-bond acceptors (Lipinski definition) is 4. The van der Waals surface area contributed by atoms with Gasteiger partial charge in [0.15, 0.2) is 0 Å². The molecule has 0 atom stereocenters. The predicted molar refractivity (Wildman–Crippen MR) is 82.8 cm³/mol. The minimum absolute atomic E-state index is 0.168. The Hall–Kier alpha value is -1.57. The van der Waals surface area contributed by atoms with E-state index in [1.807, 2.05) is 0 Å². The first-order chi connectivity index (χ1) is 10.0. The van der Waals surface area contributed by atoms with Crippen molar-refractivity contribution < 1.29 is 8.42 Å². The maximum atomic E-state index is 12.3. The topological polar surface area (TPSA) is 86.9 Å². The molecule has 2 rings (SSSR count). The molecular weight excluding hydrogens is 312 g/mol. The molecule has 1 aromatic heterocycles. The van der Waals surface area contributed by atoms with E-state index in [1.165, 1.54) is 18.5 Å².